The van der Waals surface area contributed by atoms with Crippen molar-refractivity contribution >= 4 is 40.4 Å². The highest BCUT2D eigenvalue weighted by molar-refractivity contribution is 8.01. The average Bonchev–Trinajstić information content (AvgIpc) is 3.05. The van der Waals surface area contributed by atoms with Crippen LogP contribution >= 0.6 is 34.4 Å². The van der Waals surface area contributed by atoms with Crippen LogP contribution < -0.4 is 4.74 Å². The molecular weight excluding hydrogens is 316 g/mol. The zero-order valence-electron chi connectivity index (χ0n) is 11.2. The molecule has 2 rings (SSSR count). The Morgan fingerprint density at radius 3 is 2.80 bits per heavy atom. The van der Waals surface area contributed by atoms with Gasteiger partial charge in [-0.25, -0.2) is 0 Å². The van der Waals surface area contributed by atoms with Crippen LogP contribution in [0.1, 0.15) is 24.7 Å². The van der Waals surface area contributed by atoms with E-state index in [1.807, 2.05) is 30.7 Å². The van der Waals surface area contributed by atoms with E-state index in [1.165, 1.54) is 30.2 Å². The first-order valence-corrected chi connectivity index (χ1v) is 8.50. The molecule has 2 aromatic rings. The number of thiophene rings is 1. The van der Waals surface area contributed by atoms with Crippen LogP contribution in [0.3, 0.4) is 0 Å². The van der Waals surface area contributed by atoms with E-state index >= 15 is 0 Å². The third-order valence-electron chi connectivity index (χ3n) is 2.20. The summed E-state index contributed by atoms with van der Waals surface area (Å²) in [5, 5.41) is 11.9. The van der Waals surface area contributed by atoms with E-state index in [2.05, 4.69) is 10.2 Å². The van der Waals surface area contributed by atoms with Gasteiger partial charge in [0.2, 0.25) is 0 Å². The van der Waals surface area contributed by atoms with Gasteiger partial charge in [0.1, 0.15) is 5.25 Å². The van der Waals surface area contributed by atoms with Crippen molar-refractivity contribution in [2.45, 2.75) is 29.5 Å². The summed E-state index contributed by atoms with van der Waals surface area (Å²) in [5.41, 5.74) is 0.911. The standard InChI is InChI=1S/C12H14N2O3S3/c1-7(2)17-11-13-14-12(20-11)19-9(10(15)16-3)8-4-5-18-6-8/h4-7,9H,1-3H3/t9-/m0/s1. The lowest BCUT2D eigenvalue weighted by molar-refractivity contribution is -0.140. The van der Waals surface area contributed by atoms with E-state index in [0.29, 0.717) is 9.53 Å². The highest BCUT2D eigenvalue weighted by Crippen LogP contribution is 2.39. The molecule has 0 aliphatic heterocycles. The second kappa shape index (κ2) is 7.05. The van der Waals surface area contributed by atoms with Gasteiger partial charge in [0.25, 0.3) is 5.19 Å². The summed E-state index contributed by atoms with van der Waals surface area (Å²) in [6, 6.07) is 1.91. The number of rotatable bonds is 6. The molecule has 0 unspecified atom stereocenters. The number of hydrogen-bond acceptors (Lipinski definition) is 8. The summed E-state index contributed by atoms with van der Waals surface area (Å²) < 4.78 is 11.0. The van der Waals surface area contributed by atoms with Crippen molar-refractivity contribution in [2.75, 3.05) is 7.11 Å². The molecule has 0 radical (unpaired) electrons. The predicted octanol–water partition coefficient (Wildman–Crippen LogP) is 3.39. The predicted molar refractivity (Wildman–Crippen MR) is 80.6 cm³/mol. The molecule has 108 valence electrons. The molecule has 0 aliphatic carbocycles. The van der Waals surface area contributed by atoms with Gasteiger partial charge < -0.3 is 9.47 Å². The number of carbonyl (C=O) groups is 1. The smallest absolute Gasteiger partial charge is 0.323 e. The van der Waals surface area contributed by atoms with Crippen molar-refractivity contribution in [3.8, 4) is 5.19 Å². The number of carbonyl (C=O) groups excluding carboxylic acids is 1. The highest BCUT2D eigenvalue weighted by atomic mass is 32.2. The Kier molecular flexibility index (Phi) is 5.38. The van der Waals surface area contributed by atoms with Crippen molar-refractivity contribution in [3.05, 3.63) is 22.4 Å². The largest absolute Gasteiger partial charge is 0.468 e. The molecule has 8 heteroatoms. The average molecular weight is 330 g/mol. The van der Waals surface area contributed by atoms with Crippen LogP contribution in [0.15, 0.2) is 21.2 Å². The van der Waals surface area contributed by atoms with Crippen molar-refractivity contribution in [1.29, 1.82) is 0 Å². The van der Waals surface area contributed by atoms with Gasteiger partial charge in [0.05, 0.1) is 13.2 Å². The van der Waals surface area contributed by atoms with E-state index < -0.39 is 5.25 Å². The fraction of sp³-hybridized carbons (Fsp3) is 0.417. The van der Waals surface area contributed by atoms with Gasteiger partial charge in [-0.15, -0.1) is 5.10 Å². The molecule has 0 saturated carbocycles. The molecule has 0 aliphatic rings. The van der Waals surface area contributed by atoms with Gasteiger partial charge in [-0.3, -0.25) is 4.79 Å². The molecule has 0 aromatic carbocycles. The molecule has 20 heavy (non-hydrogen) atoms. The molecule has 0 N–H and O–H groups in total. The van der Waals surface area contributed by atoms with Gasteiger partial charge in [-0.2, -0.15) is 11.3 Å². The number of thioether (sulfide) groups is 1. The fourth-order valence-corrected chi connectivity index (χ4v) is 4.16. The Balaban J connectivity index is 2.12. The SMILES string of the molecule is COC(=O)[C@@H](Sc1nnc(OC(C)C)s1)c1ccsc1. The summed E-state index contributed by atoms with van der Waals surface area (Å²) in [7, 11) is 1.38. The molecule has 1 atom stereocenters. The summed E-state index contributed by atoms with van der Waals surface area (Å²) >= 11 is 4.19. The van der Waals surface area contributed by atoms with Gasteiger partial charge in [-0.05, 0) is 47.6 Å². The topological polar surface area (TPSA) is 61.3 Å². The third-order valence-corrected chi connectivity index (χ3v) is 5.04. The van der Waals surface area contributed by atoms with Crippen LogP contribution in [-0.2, 0) is 9.53 Å². The molecule has 0 amide bonds. The lowest BCUT2D eigenvalue weighted by Crippen LogP contribution is -2.10. The lowest BCUT2D eigenvalue weighted by atomic mass is 10.2. The van der Waals surface area contributed by atoms with Crippen molar-refractivity contribution in [3.63, 3.8) is 0 Å². The summed E-state index contributed by atoms with van der Waals surface area (Å²) in [6.07, 6.45) is 0.0501. The number of nitrogens with zero attached hydrogens (tertiary/aromatic N) is 2. The molecule has 0 spiro atoms. The Labute approximate surface area is 129 Å². The maximum absolute atomic E-state index is 11.9. The van der Waals surface area contributed by atoms with Crippen LogP contribution in [0.2, 0.25) is 0 Å². The van der Waals surface area contributed by atoms with Crippen LogP contribution in [0, 0.1) is 0 Å². The van der Waals surface area contributed by atoms with Gasteiger partial charge in [-0.1, -0.05) is 16.9 Å². The number of methoxy groups -OCH3 is 1. The van der Waals surface area contributed by atoms with E-state index in [-0.39, 0.29) is 12.1 Å². The Bertz CT molecular complexity index is 554. The lowest BCUT2D eigenvalue weighted by Gasteiger charge is -2.10. The maximum Gasteiger partial charge on any atom is 0.323 e. The van der Waals surface area contributed by atoms with Crippen LogP contribution in [-0.4, -0.2) is 29.4 Å². The molecule has 0 fully saturated rings. The minimum Gasteiger partial charge on any atom is -0.468 e. The first-order chi connectivity index (χ1) is 9.60. The van der Waals surface area contributed by atoms with Crippen molar-refractivity contribution in [1.82, 2.24) is 10.2 Å². The molecule has 2 heterocycles. The summed E-state index contributed by atoms with van der Waals surface area (Å²) in [5.74, 6) is -0.296. The molecule has 0 bridgehead atoms. The van der Waals surface area contributed by atoms with Gasteiger partial charge in [0, 0.05) is 0 Å². The quantitative estimate of drug-likeness (QED) is 0.597. The van der Waals surface area contributed by atoms with Crippen LogP contribution in [0.25, 0.3) is 0 Å². The van der Waals surface area contributed by atoms with E-state index in [4.69, 9.17) is 9.47 Å². The Morgan fingerprint density at radius 2 is 2.20 bits per heavy atom. The fourth-order valence-electron chi connectivity index (χ4n) is 1.38. The number of ether oxygens (including phenoxy) is 2. The third kappa shape index (κ3) is 3.94. The van der Waals surface area contributed by atoms with Crippen molar-refractivity contribution < 1.29 is 14.3 Å². The second-order valence-electron chi connectivity index (χ2n) is 4.08. The molecule has 2 aromatic heterocycles. The minimum atomic E-state index is -0.425. The first kappa shape index (κ1) is 15.3. The zero-order valence-corrected chi connectivity index (χ0v) is 13.7. The van der Waals surface area contributed by atoms with Crippen LogP contribution in [0.5, 0.6) is 5.19 Å². The summed E-state index contributed by atoms with van der Waals surface area (Å²) in [4.78, 5) is 11.9. The highest BCUT2D eigenvalue weighted by Gasteiger charge is 2.25. The number of aromatic nitrogens is 2. The Hall–Kier alpha value is -1.12. The molecule has 5 nitrogen and oxygen atoms in total. The number of esters is 1. The summed E-state index contributed by atoms with van der Waals surface area (Å²) in [6.45, 7) is 3.85. The van der Waals surface area contributed by atoms with Gasteiger partial charge >= 0.3 is 5.97 Å². The zero-order chi connectivity index (χ0) is 14.5. The molecular formula is C12H14N2O3S3. The minimum absolute atomic E-state index is 0.0501. The van der Waals surface area contributed by atoms with Gasteiger partial charge in [0.15, 0.2) is 4.34 Å². The molecule has 0 saturated heterocycles. The number of hydrogen-bond donors (Lipinski definition) is 0. The second-order valence-corrected chi connectivity index (χ2v) is 7.15. The Morgan fingerprint density at radius 1 is 1.40 bits per heavy atom. The monoisotopic (exact) mass is 330 g/mol. The van der Waals surface area contributed by atoms with Crippen LogP contribution in [0.4, 0.5) is 0 Å². The van der Waals surface area contributed by atoms with E-state index in [1.54, 1.807) is 11.3 Å². The first-order valence-electron chi connectivity index (χ1n) is 5.87. The maximum atomic E-state index is 11.9. The van der Waals surface area contributed by atoms with E-state index in [9.17, 15) is 4.79 Å². The van der Waals surface area contributed by atoms with E-state index in [0.717, 1.165) is 5.56 Å². The normalized spacial score (nSPS) is 12.4. The van der Waals surface area contributed by atoms with Crippen molar-refractivity contribution in [2.24, 2.45) is 0 Å².